The standard InChI is InChI=1S/C11H16NO7S2.U/c1-7(2)20-6-5-8(21(16,17)18)11(15)19-12-9(13)3-4-10(12)14;/h3,7-8H,4-6H2,1-2H3,(H,16,17,18);/q-1;. The van der Waals surface area contributed by atoms with Crippen molar-refractivity contribution in [1.29, 1.82) is 0 Å². The summed E-state index contributed by atoms with van der Waals surface area (Å²) in [6.45, 7) is 3.78. The van der Waals surface area contributed by atoms with E-state index in [1.165, 1.54) is 11.8 Å². The first-order valence-electron chi connectivity index (χ1n) is 6.12. The molecule has 22 heavy (non-hydrogen) atoms. The van der Waals surface area contributed by atoms with E-state index < -0.39 is 33.2 Å². The zero-order valence-corrected chi connectivity index (χ0v) is 17.8. The van der Waals surface area contributed by atoms with Crippen molar-refractivity contribution < 1.29 is 63.3 Å². The zero-order valence-electron chi connectivity index (χ0n) is 12.0. The van der Waals surface area contributed by atoms with E-state index in [1.807, 2.05) is 13.8 Å². The van der Waals surface area contributed by atoms with Gasteiger partial charge in [-0.25, -0.2) is 4.79 Å². The first kappa shape index (κ1) is 21.8. The van der Waals surface area contributed by atoms with Crippen LogP contribution in [0.2, 0.25) is 0 Å². The minimum atomic E-state index is -4.69. The number of rotatable bonds is 7. The fourth-order valence-electron chi connectivity index (χ4n) is 1.51. The monoisotopic (exact) mass is 576 g/mol. The molecule has 0 aromatic heterocycles. The van der Waals surface area contributed by atoms with Gasteiger partial charge in [-0.3, -0.25) is 15.8 Å². The molecule has 11 heteroatoms. The van der Waals surface area contributed by atoms with Crippen LogP contribution in [0.15, 0.2) is 0 Å². The number of carbonyl (C=O) groups excluding carboxylic acids is 3. The Kier molecular flexibility index (Phi) is 9.09. The van der Waals surface area contributed by atoms with E-state index in [4.69, 9.17) is 4.55 Å². The molecule has 1 aliphatic rings. The van der Waals surface area contributed by atoms with E-state index in [2.05, 4.69) is 4.84 Å². The van der Waals surface area contributed by atoms with Crippen LogP contribution in [-0.4, -0.2) is 52.1 Å². The SMILES string of the molecule is CC(C)SCCC(C(=O)ON1C(=O)[CH-]CC1=O)S(=O)(=O)O.[U]. The predicted molar refractivity (Wildman–Crippen MR) is 74.4 cm³/mol. The molecule has 1 rings (SSSR count). The van der Waals surface area contributed by atoms with Crippen molar-refractivity contribution in [2.75, 3.05) is 5.75 Å². The number of imide groups is 1. The fourth-order valence-corrected chi connectivity index (χ4v) is 3.20. The van der Waals surface area contributed by atoms with Crippen molar-refractivity contribution in [3.8, 4) is 0 Å². The van der Waals surface area contributed by atoms with Gasteiger partial charge in [-0.1, -0.05) is 20.3 Å². The second-order valence-electron chi connectivity index (χ2n) is 4.56. The summed E-state index contributed by atoms with van der Waals surface area (Å²) >= 11 is 1.40. The van der Waals surface area contributed by atoms with E-state index in [0.29, 0.717) is 5.75 Å². The van der Waals surface area contributed by atoms with Gasteiger partial charge in [0.25, 0.3) is 10.1 Å². The molecule has 0 aromatic carbocycles. The van der Waals surface area contributed by atoms with Crippen LogP contribution in [0, 0.1) is 37.5 Å². The van der Waals surface area contributed by atoms with Crippen molar-refractivity contribution >= 4 is 39.7 Å². The first-order chi connectivity index (χ1) is 9.62. The van der Waals surface area contributed by atoms with E-state index in [-0.39, 0.29) is 54.3 Å². The van der Waals surface area contributed by atoms with Gasteiger partial charge in [0.05, 0.1) is 0 Å². The van der Waals surface area contributed by atoms with Crippen molar-refractivity contribution in [1.82, 2.24) is 5.06 Å². The smallest absolute Gasteiger partial charge is 0.331 e. The summed E-state index contributed by atoms with van der Waals surface area (Å²) in [6, 6.07) is 0. The van der Waals surface area contributed by atoms with Crippen LogP contribution in [0.3, 0.4) is 0 Å². The Morgan fingerprint density at radius 3 is 2.45 bits per heavy atom. The minimum absolute atomic E-state index is 0. The third-order valence-electron chi connectivity index (χ3n) is 2.51. The van der Waals surface area contributed by atoms with Crippen LogP contribution in [-0.2, 0) is 29.3 Å². The van der Waals surface area contributed by atoms with Gasteiger partial charge in [-0.15, -0.1) is 5.06 Å². The van der Waals surface area contributed by atoms with E-state index >= 15 is 0 Å². The molecule has 0 aromatic rings. The van der Waals surface area contributed by atoms with Crippen molar-refractivity contribution in [2.45, 2.75) is 37.2 Å². The molecule has 1 unspecified atom stereocenters. The van der Waals surface area contributed by atoms with Crippen LogP contribution >= 0.6 is 11.8 Å². The second kappa shape index (κ2) is 9.18. The minimum Gasteiger partial charge on any atom is -0.331 e. The van der Waals surface area contributed by atoms with Gasteiger partial charge >= 0.3 is 5.97 Å². The molecule has 1 atom stereocenters. The Labute approximate surface area is 156 Å². The van der Waals surface area contributed by atoms with Gasteiger partial charge in [-0.05, 0) is 17.4 Å². The number of thioether (sulfide) groups is 1. The maximum atomic E-state index is 11.8. The van der Waals surface area contributed by atoms with Crippen molar-refractivity contribution in [2.24, 2.45) is 0 Å². The molecule has 0 saturated carbocycles. The number of hydrogen-bond donors (Lipinski definition) is 1. The molecule has 124 valence electrons. The van der Waals surface area contributed by atoms with Crippen LogP contribution in [0.5, 0.6) is 0 Å². The summed E-state index contributed by atoms with van der Waals surface area (Å²) in [4.78, 5) is 38.8. The van der Waals surface area contributed by atoms with Gasteiger partial charge < -0.3 is 9.63 Å². The van der Waals surface area contributed by atoms with E-state index in [9.17, 15) is 22.8 Å². The number of nitrogens with zero attached hydrogens (tertiary/aromatic N) is 1. The predicted octanol–water partition coefficient (Wildman–Crippen LogP) is 0.196. The van der Waals surface area contributed by atoms with Crippen molar-refractivity contribution in [3.63, 3.8) is 0 Å². The van der Waals surface area contributed by atoms with Gasteiger partial charge in [0, 0.05) is 31.1 Å². The Morgan fingerprint density at radius 2 is 2.05 bits per heavy atom. The van der Waals surface area contributed by atoms with E-state index in [1.54, 1.807) is 0 Å². The largest absolute Gasteiger partial charge is 0.353 e. The average molecular weight is 576 g/mol. The topological polar surface area (TPSA) is 118 Å². The number of amides is 2. The molecule has 1 heterocycles. The van der Waals surface area contributed by atoms with Gasteiger partial charge in [0.1, 0.15) is 5.91 Å². The summed E-state index contributed by atoms with van der Waals surface area (Å²) in [5.74, 6) is -2.65. The molecule has 1 saturated heterocycles. The second-order valence-corrected chi connectivity index (χ2v) is 7.84. The van der Waals surface area contributed by atoms with Gasteiger partial charge in [0.2, 0.25) is 5.91 Å². The molecule has 0 bridgehead atoms. The van der Waals surface area contributed by atoms with Crippen LogP contribution in [0.4, 0.5) is 0 Å². The fraction of sp³-hybridized carbons (Fsp3) is 0.636. The third-order valence-corrected chi connectivity index (χ3v) is 4.80. The molecule has 1 fully saturated rings. The Bertz CT molecular complexity index is 519. The maximum absolute atomic E-state index is 11.8. The number of hydroxylamine groups is 2. The average Bonchev–Trinajstić information content (AvgIpc) is 2.64. The molecule has 0 aliphatic carbocycles. The van der Waals surface area contributed by atoms with Crippen LogP contribution in [0.1, 0.15) is 26.7 Å². The third kappa shape index (κ3) is 6.50. The molecular formula is C11H16NO7S2U-. The summed E-state index contributed by atoms with van der Waals surface area (Å²) in [6.07, 6.45) is 0.610. The summed E-state index contributed by atoms with van der Waals surface area (Å²) in [7, 11) is -4.69. The van der Waals surface area contributed by atoms with Crippen LogP contribution in [0.25, 0.3) is 0 Å². The Hall–Kier alpha value is -0.208. The maximum Gasteiger partial charge on any atom is 0.353 e. The zero-order chi connectivity index (χ0) is 16.2. The summed E-state index contributed by atoms with van der Waals surface area (Å²) < 4.78 is 31.6. The molecular weight excluding hydrogens is 560 g/mol. The summed E-state index contributed by atoms with van der Waals surface area (Å²) in [5.41, 5.74) is 0. The van der Waals surface area contributed by atoms with Gasteiger partial charge in [0.15, 0.2) is 5.25 Å². The van der Waals surface area contributed by atoms with Crippen LogP contribution < -0.4 is 0 Å². The number of hydrogen-bond acceptors (Lipinski definition) is 7. The molecule has 8 nitrogen and oxygen atoms in total. The Morgan fingerprint density at radius 1 is 1.45 bits per heavy atom. The Balaban J connectivity index is 0.00000441. The molecule has 1 N–H and O–H groups in total. The quantitative estimate of drug-likeness (QED) is 0.260. The summed E-state index contributed by atoms with van der Waals surface area (Å²) in [5, 5.41) is -1.40. The molecule has 2 amide bonds. The van der Waals surface area contributed by atoms with E-state index in [0.717, 1.165) is 6.42 Å². The molecule has 0 spiro atoms. The number of carbonyl (C=O) groups is 3. The van der Waals surface area contributed by atoms with Crippen molar-refractivity contribution in [3.05, 3.63) is 6.42 Å². The first-order valence-corrected chi connectivity index (χ1v) is 8.68. The van der Waals surface area contributed by atoms with Gasteiger partial charge in [-0.2, -0.15) is 20.2 Å². The molecule has 1 aliphatic heterocycles. The normalized spacial score (nSPS) is 16.3. The molecule has 0 radical (unpaired) electrons.